The van der Waals surface area contributed by atoms with Gasteiger partial charge in [0.2, 0.25) is 6.33 Å². The fourth-order valence-corrected chi connectivity index (χ4v) is 1.95. The molecule has 0 bridgehead atoms. The topological polar surface area (TPSA) is 125 Å². The van der Waals surface area contributed by atoms with Crippen LogP contribution in [0.5, 0.6) is 5.75 Å². The van der Waals surface area contributed by atoms with E-state index in [0.717, 1.165) is 0 Å². The van der Waals surface area contributed by atoms with E-state index in [9.17, 15) is 14.9 Å². The standard InChI is InChI=1S/C13H13ClN6O4/c1-8(6-19-7-15-13(18-19)20(22)23)16-17-12(21)10-5-9(14)3-4-11(10)24-2/h3-5,7H,6H2,1-2H3,(H,17,21)/b16-8+. The van der Waals surface area contributed by atoms with Crippen LogP contribution in [-0.2, 0) is 6.54 Å². The van der Waals surface area contributed by atoms with Gasteiger partial charge in [-0.05, 0) is 30.0 Å². The summed E-state index contributed by atoms with van der Waals surface area (Å²) in [6.45, 7) is 1.76. The number of hydrazone groups is 1. The van der Waals surface area contributed by atoms with E-state index < -0.39 is 16.8 Å². The third-order valence-corrected chi connectivity index (χ3v) is 3.07. The van der Waals surface area contributed by atoms with Crippen molar-refractivity contribution in [1.82, 2.24) is 20.2 Å². The Kier molecular flexibility index (Phi) is 5.42. The highest BCUT2D eigenvalue weighted by Gasteiger charge is 2.14. The number of rotatable bonds is 6. The van der Waals surface area contributed by atoms with Gasteiger partial charge in [0, 0.05) is 10.1 Å². The summed E-state index contributed by atoms with van der Waals surface area (Å²) in [5, 5.41) is 18.5. The third-order valence-electron chi connectivity index (χ3n) is 2.83. The van der Waals surface area contributed by atoms with E-state index in [1.807, 2.05) is 0 Å². The quantitative estimate of drug-likeness (QED) is 0.478. The van der Waals surface area contributed by atoms with Gasteiger partial charge < -0.3 is 14.9 Å². The monoisotopic (exact) mass is 352 g/mol. The molecule has 0 saturated carbocycles. The Balaban J connectivity index is 2.05. The lowest BCUT2D eigenvalue weighted by molar-refractivity contribution is -0.394. The summed E-state index contributed by atoms with van der Waals surface area (Å²) in [6.07, 6.45) is 1.21. The molecule has 1 aromatic heterocycles. The molecular weight excluding hydrogens is 340 g/mol. The third kappa shape index (κ3) is 4.26. The van der Waals surface area contributed by atoms with Gasteiger partial charge in [0.15, 0.2) is 0 Å². The first-order valence-electron chi connectivity index (χ1n) is 6.61. The van der Waals surface area contributed by atoms with Crippen LogP contribution in [-0.4, -0.2) is 38.4 Å². The largest absolute Gasteiger partial charge is 0.496 e. The lowest BCUT2D eigenvalue weighted by Crippen LogP contribution is -2.21. The summed E-state index contributed by atoms with van der Waals surface area (Å²) in [5.41, 5.74) is 3.06. The van der Waals surface area contributed by atoms with E-state index >= 15 is 0 Å². The minimum absolute atomic E-state index is 0.133. The van der Waals surface area contributed by atoms with Gasteiger partial charge in [-0.15, -0.1) is 0 Å². The summed E-state index contributed by atoms with van der Waals surface area (Å²) < 4.78 is 6.33. The van der Waals surface area contributed by atoms with Crippen LogP contribution < -0.4 is 10.2 Å². The molecule has 1 amide bonds. The molecule has 0 spiro atoms. The zero-order chi connectivity index (χ0) is 17.7. The number of nitro groups is 1. The SMILES string of the molecule is COc1ccc(Cl)cc1C(=O)N/N=C(\C)Cn1cnc([N+](=O)[O-])n1. The normalized spacial score (nSPS) is 11.2. The molecule has 10 nitrogen and oxygen atoms in total. The molecule has 2 aromatic rings. The first-order chi connectivity index (χ1) is 11.4. The van der Waals surface area contributed by atoms with Crippen molar-refractivity contribution >= 4 is 29.2 Å². The minimum atomic E-state index is -0.698. The second-order valence-electron chi connectivity index (χ2n) is 4.63. The average molecular weight is 353 g/mol. The summed E-state index contributed by atoms with van der Waals surface area (Å²) in [7, 11) is 1.44. The molecule has 24 heavy (non-hydrogen) atoms. The number of hydrogen-bond acceptors (Lipinski definition) is 7. The summed E-state index contributed by atoms with van der Waals surface area (Å²) in [6, 6.07) is 4.63. The summed E-state index contributed by atoms with van der Waals surface area (Å²) in [4.78, 5) is 25.5. The Labute approximate surface area is 141 Å². The van der Waals surface area contributed by atoms with Crippen molar-refractivity contribution in [2.75, 3.05) is 7.11 Å². The number of amides is 1. The number of aromatic nitrogens is 3. The van der Waals surface area contributed by atoms with Crippen molar-refractivity contribution in [2.24, 2.45) is 5.10 Å². The van der Waals surface area contributed by atoms with E-state index in [2.05, 4.69) is 20.6 Å². The molecule has 0 saturated heterocycles. The minimum Gasteiger partial charge on any atom is -0.496 e. The van der Waals surface area contributed by atoms with Gasteiger partial charge in [0.05, 0.1) is 24.9 Å². The Bertz CT molecular complexity index is 804. The van der Waals surface area contributed by atoms with Crippen LogP contribution in [0.15, 0.2) is 29.6 Å². The van der Waals surface area contributed by atoms with Crippen molar-refractivity contribution in [3.05, 3.63) is 45.2 Å². The molecule has 11 heteroatoms. The maximum absolute atomic E-state index is 12.1. The van der Waals surface area contributed by atoms with Crippen LogP contribution in [0.25, 0.3) is 0 Å². The fourth-order valence-electron chi connectivity index (χ4n) is 1.78. The Morgan fingerprint density at radius 3 is 2.92 bits per heavy atom. The second-order valence-corrected chi connectivity index (χ2v) is 5.07. The average Bonchev–Trinajstić information content (AvgIpc) is 3.01. The van der Waals surface area contributed by atoms with Crippen molar-refractivity contribution in [1.29, 1.82) is 0 Å². The Morgan fingerprint density at radius 2 is 2.29 bits per heavy atom. The molecule has 2 rings (SSSR count). The molecular formula is C13H13ClN6O4. The van der Waals surface area contributed by atoms with Gasteiger partial charge >= 0.3 is 5.95 Å². The zero-order valence-electron chi connectivity index (χ0n) is 12.8. The van der Waals surface area contributed by atoms with Gasteiger partial charge in [-0.25, -0.2) is 5.43 Å². The predicted molar refractivity (Wildman–Crippen MR) is 85.3 cm³/mol. The number of hydrogen-bond donors (Lipinski definition) is 1. The summed E-state index contributed by atoms with van der Waals surface area (Å²) >= 11 is 5.87. The maximum atomic E-state index is 12.1. The van der Waals surface area contributed by atoms with Crippen molar-refractivity contribution in [2.45, 2.75) is 13.5 Å². The van der Waals surface area contributed by atoms with E-state index in [-0.39, 0.29) is 12.1 Å². The summed E-state index contributed by atoms with van der Waals surface area (Å²) in [5.74, 6) is -0.648. The highest BCUT2D eigenvalue weighted by atomic mass is 35.5. The van der Waals surface area contributed by atoms with Gasteiger partial charge in [-0.3, -0.25) is 4.79 Å². The fraction of sp³-hybridized carbons (Fsp3) is 0.231. The molecule has 126 valence electrons. The van der Waals surface area contributed by atoms with Crippen LogP contribution in [0.1, 0.15) is 17.3 Å². The van der Waals surface area contributed by atoms with Crippen LogP contribution in [0.4, 0.5) is 5.95 Å². The molecule has 0 aliphatic rings. The van der Waals surface area contributed by atoms with Gasteiger partial charge in [0.1, 0.15) is 5.75 Å². The number of nitrogens with zero attached hydrogens (tertiary/aromatic N) is 5. The van der Waals surface area contributed by atoms with Crippen LogP contribution in [0.2, 0.25) is 5.02 Å². The van der Waals surface area contributed by atoms with Crippen LogP contribution in [0.3, 0.4) is 0 Å². The molecule has 1 aromatic carbocycles. The zero-order valence-corrected chi connectivity index (χ0v) is 13.5. The van der Waals surface area contributed by atoms with Crippen molar-refractivity contribution in [3.8, 4) is 5.75 Å². The lowest BCUT2D eigenvalue weighted by atomic mass is 10.2. The smallest absolute Gasteiger partial charge is 0.490 e. The molecule has 1 N–H and O–H groups in total. The van der Waals surface area contributed by atoms with Gasteiger partial charge in [0.25, 0.3) is 5.91 Å². The van der Waals surface area contributed by atoms with Crippen LogP contribution in [0, 0.1) is 10.1 Å². The maximum Gasteiger partial charge on any atom is 0.490 e. The van der Waals surface area contributed by atoms with Crippen molar-refractivity contribution in [3.63, 3.8) is 0 Å². The van der Waals surface area contributed by atoms with Gasteiger partial charge in [-0.1, -0.05) is 16.6 Å². The first kappa shape index (κ1) is 17.3. The lowest BCUT2D eigenvalue weighted by Gasteiger charge is -2.07. The van der Waals surface area contributed by atoms with E-state index in [4.69, 9.17) is 16.3 Å². The molecule has 0 atom stereocenters. The van der Waals surface area contributed by atoms with E-state index in [1.54, 1.807) is 19.1 Å². The number of ether oxygens (including phenoxy) is 1. The molecule has 0 fully saturated rings. The molecule has 0 radical (unpaired) electrons. The highest BCUT2D eigenvalue weighted by Crippen LogP contribution is 2.22. The van der Waals surface area contributed by atoms with Crippen LogP contribution >= 0.6 is 11.6 Å². The van der Waals surface area contributed by atoms with E-state index in [1.165, 1.54) is 24.2 Å². The Hall–Kier alpha value is -3.01. The predicted octanol–water partition coefficient (Wildman–Crippen LogP) is 1.65. The van der Waals surface area contributed by atoms with E-state index in [0.29, 0.717) is 16.5 Å². The number of carbonyl (C=O) groups excluding carboxylic acids is 1. The second kappa shape index (κ2) is 7.51. The number of benzene rings is 1. The number of nitrogens with one attached hydrogen (secondary N) is 1. The first-order valence-corrected chi connectivity index (χ1v) is 6.99. The molecule has 0 aliphatic carbocycles. The Morgan fingerprint density at radius 1 is 1.54 bits per heavy atom. The number of carbonyl (C=O) groups is 1. The molecule has 0 unspecified atom stereocenters. The molecule has 1 heterocycles. The molecule has 0 aliphatic heterocycles. The van der Waals surface area contributed by atoms with Gasteiger partial charge in [-0.2, -0.15) is 9.78 Å². The van der Waals surface area contributed by atoms with Crippen molar-refractivity contribution < 1.29 is 14.5 Å². The number of halogens is 1. The number of methoxy groups -OCH3 is 1. The highest BCUT2D eigenvalue weighted by molar-refractivity contribution is 6.31.